The largest absolute Gasteiger partial charge is 0.475 e. The Labute approximate surface area is 176 Å². The molecule has 10 heteroatoms. The third kappa shape index (κ3) is 5.20. The highest BCUT2D eigenvalue weighted by Gasteiger charge is 2.22. The molecule has 0 radical (unpaired) electrons. The second-order valence-electron chi connectivity index (χ2n) is 6.34. The van der Waals surface area contributed by atoms with Gasteiger partial charge >= 0.3 is 5.97 Å². The van der Waals surface area contributed by atoms with E-state index in [1.54, 1.807) is 0 Å². The van der Waals surface area contributed by atoms with Crippen molar-refractivity contribution in [2.75, 3.05) is 5.32 Å². The summed E-state index contributed by atoms with van der Waals surface area (Å²) in [6, 6.07) is 7.49. The molecule has 8 nitrogen and oxygen atoms in total. The van der Waals surface area contributed by atoms with Gasteiger partial charge < -0.3 is 21.1 Å². The van der Waals surface area contributed by atoms with Gasteiger partial charge in [0.2, 0.25) is 11.7 Å². The topological polar surface area (TPSA) is 138 Å². The van der Waals surface area contributed by atoms with Gasteiger partial charge in [-0.1, -0.05) is 12.1 Å². The molecule has 0 spiro atoms. The maximum atomic E-state index is 11.8. The van der Waals surface area contributed by atoms with Crippen molar-refractivity contribution < 1.29 is 14.7 Å². The Balaban J connectivity index is 0.000000209. The van der Waals surface area contributed by atoms with Crippen molar-refractivity contribution in [2.45, 2.75) is 32.7 Å². The molecule has 0 aliphatic heterocycles. The van der Waals surface area contributed by atoms with E-state index in [0.717, 1.165) is 36.1 Å². The van der Waals surface area contributed by atoms with Gasteiger partial charge in [-0.2, -0.15) is 0 Å². The quantitative estimate of drug-likeness (QED) is 0.498. The number of carbonyl (C=O) groups is 2. The molecule has 2 heterocycles. The van der Waals surface area contributed by atoms with Crippen molar-refractivity contribution in [2.24, 2.45) is 5.73 Å². The van der Waals surface area contributed by atoms with Crippen molar-refractivity contribution in [3.8, 4) is 0 Å². The molecule has 154 valence electrons. The van der Waals surface area contributed by atoms with Gasteiger partial charge in [0.1, 0.15) is 4.83 Å². The first-order chi connectivity index (χ1) is 13.4. The maximum Gasteiger partial charge on any atom is 0.372 e. The average molecular weight is 437 g/mol. The number of H-pyrrole nitrogens is 1. The number of hydrogen-bond acceptors (Lipinski definition) is 6. The van der Waals surface area contributed by atoms with Crippen LogP contribution in [-0.2, 0) is 24.2 Å². The number of nitrogens with zero attached hydrogens (tertiary/aromatic N) is 1. The van der Waals surface area contributed by atoms with Crippen molar-refractivity contribution in [1.29, 1.82) is 0 Å². The van der Waals surface area contributed by atoms with Gasteiger partial charge in [0.05, 0.1) is 5.39 Å². The third-order valence-electron chi connectivity index (χ3n) is 4.26. The fourth-order valence-corrected chi connectivity index (χ4v) is 4.34. The molecule has 5 N–H and O–H groups in total. The molecule has 0 unspecified atom stereocenters. The molecule has 2 aromatic heterocycles. The van der Waals surface area contributed by atoms with Crippen LogP contribution in [0, 0.1) is 0 Å². The van der Waals surface area contributed by atoms with Crippen molar-refractivity contribution in [3.63, 3.8) is 0 Å². The van der Waals surface area contributed by atoms with E-state index in [0.29, 0.717) is 16.8 Å². The molecule has 1 aromatic carbocycles. The minimum absolute atomic E-state index is 0. The Kier molecular flexibility index (Phi) is 7.49. The van der Waals surface area contributed by atoms with Crippen molar-refractivity contribution >= 4 is 51.5 Å². The zero-order chi connectivity index (χ0) is 20.3. The zero-order valence-electron chi connectivity index (χ0n) is 15.7. The highest BCUT2D eigenvalue weighted by atomic mass is 35.5. The Hall–Kier alpha value is -2.75. The molecule has 4 rings (SSSR count). The predicted octanol–water partition coefficient (Wildman–Crippen LogP) is 2.70. The van der Waals surface area contributed by atoms with Crippen LogP contribution in [0.5, 0.6) is 0 Å². The standard InChI is InChI=1S/C10H8N2O3S.C9H12N2O.ClH/c13-8-6-4-2-1-3-5(4)16-9(6)12-7(11-8)10(14)15;1-7(12)11-9-4-2-3-8(5-9)6-10;/h1-3H2,(H,14,15)(H,11,12,13);2-5H,6,10H2,1H3,(H,11,12);1H. The molecule has 0 bridgehead atoms. The predicted molar refractivity (Wildman–Crippen MR) is 115 cm³/mol. The number of carboxylic acid groups (broad SMARTS) is 1. The number of carboxylic acids is 1. The number of nitrogens with two attached hydrogens (primary N) is 1. The van der Waals surface area contributed by atoms with E-state index >= 15 is 0 Å². The molecule has 0 fully saturated rings. The summed E-state index contributed by atoms with van der Waals surface area (Å²) in [7, 11) is 0. The third-order valence-corrected chi connectivity index (χ3v) is 5.45. The van der Waals surface area contributed by atoms with Crippen LogP contribution in [0.3, 0.4) is 0 Å². The first kappa shape index (κ1) is 22.5. The monoisotopic (exact) mass is 436 g/mol. The van der Waals surface area contributed by atoms with Crippen LogP contribution in [0.4, 0.5) is 5.69 Å². The van der Waals surface area contributed by atoms with Crippen LogP contribution in [0.15, 0.2) is 29.1 Å². The fourth-order valence-electron chi connectivity index (χ4n) is 3.08. The number of aryl methyl sites for hydroxylation is 2. The summed E-state index contributed by atoms with van der Waals surface area (Å²) in [5, 5.41) is 12.1. The van der Waals surface area contributed by atoms with Gasteiger partial charge in [-0.05, 0) is 42.5 Å². The minimum atomic E-state index is -1.20. The molecule has 1 aliphatic carbocycles. The van der Waals surface area contributed by atoms with E-state index < -0.39 is 5.97 Å². The Morgan fingerprint density at radius 1 is 1.34 bits per heavy atom. The molecule has 0 saturated heterocycles. The van der Waals surface area contributed by atoms with Crippen LogP contribution in [0.2, 0.25) is 0 Å². The van der Waals surface area contributed by atoms with Gasteiger partial charge in [-0.25, -0.2) is 9.78 Å². The lowest BCUT2D eigenvalue weighted by Gasteiger charge is -2.02. The van der Waals surface area contributed by atoms with Gasteiger partial charge in [0, 0.05) is 24.0 Å². The highest BCUT2D eigenvalue weighted by Crippen LogP contribution is 2.34. The number of halogens is 1. The SMILES string of the molecule is CC(=O)Nc1cccc(CN)c1.Cl.O=C(O)c1nc2sc3c(c2c(=O)[nH]1)CCC3. The number of aromatic nitrogens is 2. The van der Waals surface area contributed by atoms with Crippen LogP contribution in [-0.4, -0.2) is 27.0 Å². The van der Waals surface area contributed by atoms with Gasteiger partial charge in [-0.15, -0.1) is 23.7 Å². The van der Waals surface area contributed by atoms with E-state index in [1.807, 2.05) is 24.3 Å². The van der Waals surface area contributed by atoms with Gasteiger partial charge in [0.15, 0.2) is 0 Å². The summed E-state index contributed by atoms with van der Waals surface area (Å²) in [6.45, 7) is 1.97. The first-order valence-corrected chi connectivity index (χ1v) is 9.55. The number of aromatic carboxylic acids is 1. The Morgan fingerprint density at radius 3 is 2.76 bits per heavy atom. The van der Waals surface area contributed by atoms with Crippen molar-refractivity contribution in [1.82, 2.24) is 9.97 Å². The Morgan fingerprint density at radius 2 is 2.10 bits per heavy atom. The number of nitrogens with one attached hydrogen (secondary N) is 2. The summed E-state index contributed by atoms with van der Waals surface area (Å²) in [5.41, 5.74) is 7.98. The average Bonchev–Trinajstić information content (AvgIpc) is 3.22. The molecular weight excluding hydrogens is 416 g/mol. The van der Waals surface area contributed by atoms with E-state index in [-0.39, 0.29) is 29.7 Å². The molecule has 3 aromatic rings. The van der Waals surface area contributed by atoms with Gasteiger partial charge in [-0.3, -0.25) is 9.59 Å². The summed E-state index contributed by atoms with van der Waals surface area (Å²) in [5.74, 6) is -1.55. The lowest BCUT2D eigenvalue weighted by Crippen LogP contribution is -2.15. The molecule has 29 heavy (non-hydrogen) atoms. The fraction of sp³-hybridized carbons (Fsp3) is 0.263. The molecule has 0 saturated carbocycles. The first-order valence-electron chi connectivity index (χ1n) is 8.73. The van der Waals surface area contributed by atoms with E-state index in [2.05, 4.69) is 15.3 Å². The number of benzene rings is 1. The van der Waals surface area contributed by atoms with Gasteiger partial charge in [0.25, 0.3) is 5.56 Å². The normalized spacial score (nSPS) is 11.8. The second-order valence-corrected chi connectivity index (χ2v) is 7.43. The minimum Gasteiger partial charge on any atom is -0.475 e. The number of anilines is 1. The van der Waals surface area contributed by atoms with E-state index in [9.17, 15) is 14.4 Å². The second kappa shape index (κ2) is 9.64. The lowest BCUT2D eigenvalue weighted by atomic mass is 10.2. The number of rotatable bonds is 3. The summed E-state index contributed by atoms with van der Waals surface area (Å²) >= 11 is 1.44. The molecular formula is C19H21ClN4O4S. The Bertz CT molecular complexity index is 1110. The lowest BCUT2D eigenvalue weighted by molar-refractivity contribution is -0.114. The number of fused-ring (bicyclic) bond motifs is 3. The van der Waals surface area contributed by atoms with Crippen LogP contribution in [0.25, 0.3) is 10.2 Å². The van der Waals surface area contributed by atoms with Crippen LogP contribution < -0.4 is 16.6 Å². The number of hydrogen-bond donors (Lipinski definition) is 4. The summed E-state index contributed by atoms with van der Waals surface area (Å²) in [4.78, 5) is 41.2. The van der Waals surface area contributed by atoms with E-state index in [1.165, 1.54) is 23.1 Å². The van der Waals surface area contributed by atoms with Crippen molar-refractivity contribution in [3.05, 3.63) is 56.4 Å². The number of carbonyl (C=O) groups excluding carboxylic acids is 1. The van der Waals surface area contributed by atoms with E-state index in [4.69, 9.17) is 10.8 Å². The maximum absolute atomic E-state index is 11.8. The molecule has 0 atom stereocenters. The molecule has 1 amide bonds. The van der Waals surface area contributed by atoms with Crippen LogP contribution in [0.1, 0.15) is 40.0 Å². The number of amides is 1. The van der Waals surface area contributed by atoms with Crippen LogP contribution >= 0.6 is 23.7 Å². The molecule has 1 aliphatic rings. The number of thiophene rings is 1. The number of aromatic amines is 1. The smallest absolute Gasteiger partial charge is 0.372 e. The highest BCUT2D eigenvalue weighted by molar-refractivity contribution is 7.18. The summed E-state index contributed by atoms with van der Waals surface area (Å²) < 4.78 is 0. The zero-order valence-corrected chi connectivity index (χ0v) is 17.3. The summed E-state index contributed by atoms with van der Waals surface area (Å²) in [6.07, 6.45) is 2.93.